The minimum absolute atomic E-state index is 0.0172. The van der Waals surface area contributed by atoms with Crippen LogP contribution in [-0.4, -0.2) is 41.3 Å². The van der Waals surface area contributed by atoms with E-state index in [1.54, 1.807) is 0 Å². The van der Waals surface area contributed by atoms with Gasteiger partial charge < -0.3 is 20.9 Å². The number of carboxylic acid groups (broad SMARTS) is 1. The Morgan fingerprint density at radius 3 is 2.71 bits per heavy atom. The molecule has 0 radical (unpaired) electrons. The number of carbonyl (C=O) groups excluding carboxylic acids is 1. The Morgan fingerprint density at radius 2 is 2.14 bits per heavy atom. The van der Waals surface area contributed by atoms with Crippen molar-refractivity contribution in [3.8, 4) is 0 Å². The first-order valence-corrected chi connectivity index (χ1v) is 7.71. The Balaban J connectivity index is 2.15. The van der Waals surface area contributed by atoms with E-state index in [1.165, 1.54) is 0 Å². The maximum Gasteiger partial charge on any atom is 0.326 e. The molecule has 6 nitrogen and oxygen atoms in total. The number of carboxylic acids is 1. The van der Waals surface area contributed by atoms with Gasteiger partial charge in [-0.1, -0.05) is 27.2 Å². The minimum Gasteiger partial charge on any atom is -0.480 e. The summed E-state index contributed by atoms with van der Waals surface area (Å²) in [6.07, 6.45) is 2.82. The first-order valence-electron chi connectivity index (χ1n) is 7.71. The lowest BCUT2D eigenvalue weighted by atomic mass is 9.46. The number of ether oxygens (including phenoxy) is 1. The molecule has 4 unspecified atom stereocenters. The van der Waals surface area contributed by atoms with E-state index < -0.39 is 23.0 Å². The van der Waals surface area contributed by atoms with Crippen molar-refractivity contribution >= 4 is 11.9 Å². The van der Waals surface area contributed by atoms with E-state index in [4.69, 9.17) is 10.5 Å². The Bertz CT molecular complexity index is 437. The van der Waals surface area contributed by atoms with Crippen molar-refractivity contribution in [1.29, 1.82) is 0 Å². The highest BCUT2D eigenvalue weighted by molar-refractivity contribution is 5.92. The molecule has 120 valence electrons. The van der Waals surface area contributed by atoms with E-state index in [0.717, 1.165) is 12.8 Å². The zero-order chi connectivity index (χ0) is 15.8. The number of nitrogens with two attached hydrogens (primary N) is 1. The van der Waals surface area contributed by atoms with Crippen LogP contribution < -0.4 is 11.1 Å². The van der Waals surface area contributed by atoms with Crippen molar-refractivity contribution in [2.75, 3.05) is 6.61 Å². The van der Waals surface area contributed by atoms with Crippen LogP contribution in [-0.2, 0) is 14.3 Å². The fourth-order valence-corrected chi connectivity index (χ4v) is 3.86. The predicted molar refractivity (Wildman–Crippen MR) is 77.6 cm³/mol. The fourth-order valence-electron chi connectivity index (χ4n) is 3.86. The van der Waals surface area contributed by atoms with Crippen molar-refractivity contribution < 1.29 is 19.4 Å². The van der Waals surface area contributed by atoms with E-state index in [1.807, 2.05) is 20.8 Å². The third-order valence-electron chi connectivity index (χ3n) is 5.24. The summed E-state index contributed by atoms with van der Waals surface area (Å²) in [4.78, 5) is 23.9. The Labute approximate surface area is 125 Å². The molecular weight excluding hydrogens is 272 g/mol. The van der Waals surface area contributed by atoms with Gasteiger partial charge in [0.25, 0.3) is 0 Å². The number of hydrogen-bond acceptors (Lipinski definition) is 4. The van der Waals surface area contributed by atoms with E-state index >= 15 is 0 Å². The van der Waals surface area contributed by atoms with Gasteiger partial charge in [0, 0.05) is 17.9 Å². The van der Waals surface area contributed by atoms with E-state index in [2.05, 4.69) is 5.32 Å². The largest absolute Gasteiger partial charge is 0.480 e. The summed E-state index contributed by atoms with van der Waals surface area (Å²) in [6.45, 7) is 6.44. The Morgan fingerprint density at radius 1 is 1.48 bits per heavy atom. The van der Waals surface area contributed by atoms with E-state index in [9.17, 15) is 14.7 Å². The highest BCUT2D eigenvalue weighted by atomic mass is 16.5. The van der Waals surface area contributed by atoms with Crippen LogP contribution in [0, 0.1) is 11.3 Å². The number of hydrogen-bond donors (Lipinski definition) is 3. The summed E-state index contributed by atoms with van der Waals surface area (Å²) < 4.78 is 5.76. The Kier molecular flexibility index (Phi) is 4.31. The van der Waals surface area contributed by atoms with Crippen molar-refractivity contribution in [1.82, 2.24) is 5.32 Å². The Hall–Kier alpha value is -1.14. The molecule has 2 rings (SSSR count). The van der Waals surface area contributed by atoms with Gasteiger partial charge in [0.2, 0.25) is 5.91 Å². The maximum atomic E-state index is 12.7. The molecule has 21 heavy (non-hydrogen) atoms. The number of nitrogens with one attached hydrogen (secondary N) is 1. The molecule has 6 heteroatoms. The van der Waals surface area contributed by atoms with Gasteiger partial charge in [-0.3, -0.25) is 4.79 Å². The standard InChI is InChI=1S/C15H26N2O4/c1-4-6-10(12(18)19)17-13(20)15(16)9-7-5-8-21-11(9)14(15,2)3/h9-11H,4-8,16H2,1-3H3,(H,17,20)(H,18,19). The normalized spacial score (nSPS) is 35.2. The van der Waals surface area contributed by atoms with Gasteiger partial charge in [0.1, 0.15) is 11.6 Å². The van der Waals surface area contributed by atoms with Crippen LogP contribution >= 0.6 is 0 Å². The van der Waals surface area contributed by atoms with Crippen LogP contribution in [0.3, 0.4) is 0 Å². The molecule has 0 aromatic rings. The van der Waals surface area contributed by atoms with E-state index in [0.29, 0.717) is 19.4 Å². The first kappa shape index (κ1) is 16.2. The van der Waals surface area contributed by atoms with Gasteiger partial charge in [0.15, 0.2) is 0 Å². The first-order chi connectivity index (χ1) is 9.76. The molecule has 2 aliphatic rings. The monoisotopic (exact) mass is 298 g/mol. The van der Waals surface area contributed by atoms with Crippen LogP contribution in [0.15, 0.2) is 0 Å². The maximum absolute atomic E-state index is 12.7. The topological polar surface area (TPSA) is 102 Å². The molecule has 1 saturated heterocycles. The lowest BCUT2D eigenvalue weighted by molar-refractivity contribution is -0.225. The second-order valence-electron chi connectivity index (χ2n) is 6.78. The molecule has 0 aromatic heterocycles. The third-order valence-corrected chi connectivity index (χ3v) is 5.24. The lowest BCUT2D eigenvalue weighted by Gasteiger charge is -2.65. The molecule has 4 atom stereocenters. The van der Waals surface area contributed by atoms with Crippen molar-refractivity contribution in [3.63, 3.8) is 0 Å². The van der Waals surface area contributed by atoms with Crippen LogP contribution in [0.1, 0.15) is 46.5 Å². The van der Waals surface area contributed by atoms with Crippen LogP contribution in [0.4, 0.5) is 0 Å². The molecule has 2 fully saturated rings. The molecule has 0 aromatic carbocycles. The smallest absolute Gasteiger partial charge is 0.326 e. The van der Waals surface area contributed by atoms with Gasteiger partial charge in [0.05, 0.1) is 6.10 Å². The zero-order valence-electron chi connectivity index (χ0n) is 13.0. The quantitative estimate of drug-likeness (QED) is 0.699. The summed E-state index contributed by atoms with van der Waals surface area (Å²) in [5.41, 5.74) is 4.89. The molecule has 1 amide bonds. The lowest BCUT2D eigenvalue weighted by Crippen LogP contribution is -2.82. The van der Waals surface area contributed by atoms with Gasteiger partial charge in [-0.05, 0) is 19.3 Å². The average molecular weight is 298 g/mol. The average Bonchev–Trinajstić information content (AvgIpc) is 2.45. The molecule has 0 bridgehead atoms. The summed E-state index contributed by atoms with van der Waals surface area (Å²) in [6, 6.07) is -0.873. The zero-order valence-corrected chi connectivity index (χ0v) is 13.0. The summed E-state index contributed by atoms with van der Waals surface area (Å²) >= 11 is 0. The van der Waals surface area contributed by atoms with Crippen LogP contribution in [0.5, 0.6) is 0 Å². The highest BCUT2D eigenvalue weighted by Gasteiger charge is 2.70. The SMILES string of the molecule is CCCC(NC(=O)C1(N)C2CCCOC2C1(C)C)C(=O)O. The molecule has 1 aliphatic heterocycles. The third kappa shape index (κ3) is 2.34. The molecule has 1 aliphatic carbocycles. The molecular formula is C15H26N2O4. The van der Waals surface area contributed by atoms with Crippen molar-refractivity contribution in [2.24, 2.45) is 17.1 Å². The van der Waals surface area contributed by atoms with E-state index in [-0.39, 0.29) is 17.9 Å². The number of rotatable bonds is 5. The highest BCUT2D eigenvalue weighted by Crippen LogP contribution is 2.57. The number of carbonyl (C=O) groups is 2. The van der Waals surface area contributed by atoms with Gasteiger partial charge in [-0.2, -0.15) is 0 Å². The summed E-state index contributed by atoms with van der Waals surface area (Å²) in [5.74, 6) is -1.40. The van der Waals surface area contributed by atoms with Crippen LogP contribution in [0.2, 0.25) is 0 Å². The van der Waals surface area contributed by atoms with Crippen molar-refractivity contribution in [2.45, 2.75) is 64.1 Å². The second kappa shape index (κ2) is 5.57. The molecule has 0 spiro atoms. The molecule has 1 saturated carbocycles. The fraction of sp³-hybridized carbons (Fsp3) is 0.867. The van der Waals surface area contributed by atoms with Crippen molar-refractivity contribution in [3.05, 3.63) is 0 Å². The number of fused-ring (bicyclic) bond motifs is 1. The number of amides is 1. The van der Waals surface area contributed by atoms with Gasteiger partial charge in [-0.15, -0.1) is 0 Å². The second-order valence-corrected chi connectivity index (χ2v) is 6.78. The van der Waals surface area contributed by atoms with Crippen LogP contribution in [0.25, 0.3) is 0 Å². The van der Waals surface area contributed by atoms with Gasteiger partial charge >= 0.3 is 5.97 Å². The predicted octanol–water partition coefficient (Wildman–Crippen LogP) is 0.888. The summed E-state index contributed by atoms with van der Waals surface area (Å²) in [7, 11) is 0. The minimum atomic E-state index is -1.06. The van der Waals surface area contributed by atoms with Gasteiger partial charge in [-0.25, -0.2) is 4.79 Å². The molecule has 4 N–H and O–H groups in total. The molecule has 1 heterocycles. The number of aliphatic carboxylic acids is 1. The summed E-state index contributed by atoms with van der Waals surface area (Å²) in [5, 5.41) is 11.8.